The van der Waals surface area contributed by atoms with Crippen molar-refractivity contribution in [2.45, 2.75) is 68.2 Å². The first kappa shape index (κ1) is 17.1. The molecule has 2 atom stereocenters. The Morgan fingerprint density at radius 1 is 1.35 bits per heavy atom. The largest absolute Gasteiger partial charge is 0.325 e. The summed E-state index contributed by atoms with van der Waals surface area (Å²) < 4.78 is 0. The van der Waals surface area contributed by atoms with Crippen molar-refractivity contribution in [1.82, 2.24) is 5.32 Å². The van der Waals surface area contributed by atoms with Crippen molar-refractivity contribution in [2.24, 2.45) is 5.92 Å². The highest BCUT2D eigenvalue weighted by Gasteiger charge is 2.34. The molecule has 23 heavy (non-hydrogen) atoms. The molecule has 0 radical (unpaired) electrons. The first-order valence-electron chi connectivity index (χ1n) is 8.52. The first-order chi connectivity index (χ1) is 11.0. The topological polar surface area (TPSA) is 41.1 Å². The molecule has 2 unspecified atom stereocenters. The van der Waals surface area contributed by atoms with Crippen molar-refractivity contribution >= 4 is 35.0 Å². The number of nitrogens with one attached hydrogen (secondary N) is 2. The fraction of sp³-hybridized carbons (Fsp3) is 0.611. The number of halogens is 1. The van der Waals surface area contributed by atoms with Gasteiger partial charge in [0.05, 0.1) is 10.7 Å². The normalized spacial score (nSPS) is 26.5. The van der Waals surface area contributed by atoms with Gasteiger partial charge in [0.25, 0.3) is 0 Å². The molecule has 3 nitrogen and oxygen atoms in total. The monoisotopic (exact) mass is 352 g/mol. The van der Waals surface area contributed by atoms with Crippen molar-refractivity contribution < 1.29 is 4.79 Å². The van der Waals surface area contributed by atoms with Crippen LogP contribution in [-0.2, 0) is 4.79 Å². The van der Waals surface area contributed by atoms with Gasteiger partial charge in [-0.2, -0.15) is 0 Å². The molecule has 0 aromatic heterocycles. The Morgan fingerprint density at radius 3 is 2.70 bits per heavy atom. The van der Waals surface area contributed by atoms with Gasteiger partial charge in [-0.15, -0.1) is 11.8 Å². The Morgan fingerprint density at radius 2 is 2.04 bits per heavy atom. The molecule has 2 N–H and O–H groups in total. The second-order valence-corrected chi connectivity index (χ2v) is 9.00. The fourth-order valence-corrected chi connectivity index (χ4v) is 4.97. The number of hydrogen-bond acceptors (Lipinski definition) is 3. The Balaban J connectivity index is 1.62. The predicted molar refractivity (Wildman–Crippen MR) is 98.4 cm³/mol. The molecule has 3 rings (SSSR count). The number of anilines is 1. The summed E-state index contributed by atoms with van der Waals surface area (Å²) in [6.45, 7) is 4.26. The zero-order chi connectivity index (χ0) is 16.4. The van der Waals surface area contributed by atoms with Gasteiger partial charge in [-0.1, -0.05) is 31.5 Å². The van der Waals surface area contributed by atoms with E-state index in [0.29, 0.717) is 34.7 Å². The lowest BCUT2D eigenvalue weighted by Crippen LogP contribution is -2.39. The van der Waals surface area contributed by atoms with Crippen LogP contribution in [0.15, 0.2) is 23.1 Å². The van der Waals surface area contributed by atoms with E-state index in [1.54, 1.807) is 11.8 Å². The van der Waals surface area contributed by atoms with Gasteiger partial charge in [-0.25, -0.2) is 0 Å². The van der Waals surface area contributed by atoms with E-state index in [4.69, 9.17) is 11.6 Å². The second-order valence-electron chi connectivity index (χ2n) is 7.01. The van der Waals surface area contributed by atoms with Crippen molar-refractivity contribution in [2.75, 3.05) is 5.32 Å². The van der Waals surface area contributed by atoms with Crippen LogP contribution in [0.5, 0.6) is 0 Å². The summed E-state index contributed by atoms with van der Waals surface area (Å²) in [5, 5.41) is 7.85. The van der Waals surface area contributed by atoms with Gasteiger partial charge in [0.1, 0.15) is 0 Å². The maximum Gasteiger partial charge on any atom is 0.224 e. The average Bonchev–Trinajstić information content (AvgIpc) is 2.81. The van der Waals surface area contributed by atoms with Crippen LogP contribution in [0.2, 0.25) is 5.02 Å². The standard InChI is InChI=1S/C18H25ClN2OS/c1-11(2)23-18-15(19)4-3-5-16(18)21-17(22)10-12-8-13-6-7-14(9-12)20-13/h3-5,11-14,20H,6-10H2,1-2H3,(H,21,22). The van der Waals surface area contributed by atoms with E-state index in [-0.39, 0.29) is 5.91 Å². The van der Waals surface area contributed by atoms with Gasteiger partial charge in [-0.3, -0.25) is 4.79 Å². The molecule has 0 saturated carbocycles. The van der Waals surface area contributed by atoms with E-state index in [1.807, 2.05) is 18.2 Å². The summed E-state index contributed by atoms with van der Waals surface area (Å²) in [5.74, 6) is 0.623. The van der Waals surface area contributed by atoms with E-state index in [2.05, 4.69) is 24.5 Å². The molecule has 2 saturated heterocycles. The van der Waals surface area contributed by atoms with Crippen LogP contribution in [-0.4, -0.2) is 23.2 Å². The van der Waals surface area contributed by atoms with E-state index in [9.17, 15) is 4.79 Å². The van der Waals surface area contributed by atoms with Crippen LogP contribution < -0.4 is 10.6 Å². The predicted octanol–water partition coefficient (Wildman–Crippen LogP) is 4.70. The maximum atomic E-state index is 12.5. The highest BCUT2D eigenvalue weighted by molar-refractivity contribution is 8.00. The minimum absolute atomic E-state index is 0.115. The summed E-state index contributed by atoms with van der Waals surface area (Å²) in [5.41, 5.74) is 0.845. The summed E-state index contributed by atoms with van der Waals surface area (Å²) in [6.07, 6.45) is 5.42. The number of amides is 1. The number of carbonyl (C=O) groups is 1. The highest BCUT2D eigenvalue weighted by atomic mass is 35.5. The van der Waals surface area contributed by atoms with E-state index >= 15 is 0 Å². The lowest BCUT2D eigenvalue weighted by Gasteiger charge is -2.28. The fourth-order valence-electron chi connectivity index (χ4n) is 3.77. The number of fused-ring (bicyclic) bond motifs is 2. The van der Waals surface area contributed by atoms with Gasteiger partial charge >= 0.3 is 0 Å². The Labute approximate surface area is 147 Å². The average molecular weight is 353 g/mol. The molecule has 1 aromatic carbocycles. The molecule has 126 valence electrons. The Bertz CT molecular complexity index is 566. The molecule has 0 spiro atoms. The maximum absolute atomic E-state index is 12.5. The third-order valence-electron chi connectivity index (χ3n) is 4.64. The van der Waals surface area contributed by atoms with Gasteiger partial charge in [0, 0.05) is 28.6 Å². The van der Waals surface area contributed by atoms with E-state index in [1.165, 1.54) is 12.8 Å². The van der Waals surface area contributed by atoms with E-state index in [0.717, 1.165) is 23.4 Å². The van der Waals surface area contributed by atoms with Gasteiger partial charge in [0.15, 0.2) is 0 Å². The van der Waals surface area contributed by atoms with Gasteiger partial charge in [0.2, 0.25) is 5.91 Å². The number of benzene rings is 1. The quantitative estimate of drug-likeness (QED) is 0.754. The van der Waals surface area contributed by atoms with Crippen molar-refractivity contribution in [3.05, 3.63) is 23.2 Å². The minimum atomic E-state index is 0.115. The molecular weight excluding hydrogens is 328 g/mol. The van der Waals surface area contributed by atoms with Crippen LogP contribution in [0.1, 0.15) is 46.0 Å². The van der Waals surface area contributed by atoms with Crippen molar-refractivity contribution in [3.63, 3.8) is 0 Å². The molecule has 2 bridgehead atoms. The van der Waals surface area contributed by atoms with E-state index < -0.39 is 0 Å². The van der Waals surface area contributed by atoms with Gasteiger partial charge < -0.3 is 10.6 Å². The summed E-state index contributed by atoms with van der Waals surface area (Å²) in [4.78, 5) is 13.5. The molecule has 2 fully saturated rings. The number of carbonyl (C=O) groups excluding carboxylic acids is 1. The van der Waals surface area contributed by atoms with Crippen molar-refractivity contribution in [3.8, 4) is 0 Å². The Kier molecular flexibility index (Phi) is 5.55. The summed E-state index contributed by atoms with van der Waals surface area (Å²) in [7, 11) is 0. The molecule has 5 heteroatoms. The first-order valence-corrected chi connectivity index (χ1v) is 9.78. The summed E-state index contributed by atoms with van der Waals surface area (Å²) >= 11 is 8.01. The minimum Gasteiger partial charge on any atom is -0.325 e. The molecule has 2 aliphatic rings. The van der Waals surface area contributed by atoms with Crippen LogP contribution in [0.25, 0.3) is 0 Å². The third kappa shape index (κ3) is 4.43. The second kappa shape index (κ2) is 7.45. The molecular formula is C18H25ClN2OS. The third-order valence-corrected chi connectivity index (χ3v) is 6.21. The zero-order valence-electron chi connectivity index (χ0n) is 13.8. The van der Waals surface area contributed by atoms with Crippen LogP contribution in [0.3, 0.4) is 0 Å². The highest BCUT2D eigenvalue weighted by Crippen LogP contribution is 2.37. The number of hydrogen-bond donors (Lipinski definition) is 2. The number of rotatable bonds is 5. The lowest BCUT2D eigenvalue weighted by molar-refractivity contribution is -0.117. The molecule has 2 aliphatic heterocycles. The molecule has 1 amide bonds. The van der Waals surface area contributed by atoms with Gasteiger partial charge in [-0.05, 0) is 43.7 Å². The number of piperidine rings is 1. The SMILES string of the molecule is CC(C)Sc1c(Cl)cccc1NC(=O)CC1CC2CCC(C1)N2. The van der Waals surface area contributed by atoms with Crippen LogP contribution >= 0.6 is 23.4 Å². The van der Waals surface area contributed by atoms with Crippen LogP contribution in [0, 0.1) is 5.92 Å². The summed E-state index contributed by atoms with van der Waals surface area (Å²) in [6, 6.07) is 6.98. The van der Waals surface area contributed by atoms with Crippen LogP contribution in [0.4, 0.5) is 5.69 Å². The Hall–Kier alpha value is -0.710. The van der Waals surface area contributed by atoms with Crippen molar-refractivity contribution in [1.29, 1.82) is 0 Å². The number of thioether (sulfide) groups is 1. The zero-order valence-corrected chi connectivity index (χ0v) is 15.3. The smallest absolute Gasteiger partial charge is 0.224 e. The molecule has 0 aliphatic carbocycles. The molecule has 2 heterocycles. The lowest BCUT2D eigenvalue weighted by atomic mass is 9.89. The molecule has 1 aromatic rings.